The number of hydrogen-bond acceptors (Lipinski definition) is 6. The minimum absolute atomic E-state index is 0.240. The maximum atomic E-state index is 11.3. The molecule has 2 aromatic rings. The maximum absolute atomic E-state index is 11.3. The second kappa shape index (κ2) is 3.92. The van der Waals surface area contributed by atoms with Crippen LogP contribution in [0.4, 0.5) is 0 Å². The lowest BCUT2D eigenvalue weighted by molar-refractivity contribution is 0.0945. The summed E-state index contributed by atoms with van der Waals surface area (Å²) in [6.07, 6.45) is 0. The monoisotopic (exact) mass is 210 g/mol. The van der Waals surface area contributed by atoms with Gasteiger partial charge in [0.15, 0.2) is 5.82 Å². The Morgan fingerprint density at radius 3 is 3.21 bits per heavy atom. The Labute approximate surface area is 82.6 Å². The molecule has 7 nitrogen and oxygen atoms in total. The number of nitrogens with zero attached hydrogens (tertiary/aromatic N) is 4. The van der Waals surface area contributed by atoms with Gasteiger partial charge < -0.3 is 5.32 Å². The molecule has 2 heterocycles. The van der Waals surface area contributed by atoms with E-state index in [0.717, 1.165) is 0 Å². The van der Waals surface area contributed by atoms with Gasteiger partial charge in [0.2, 0.25) is 0 Å². The van der Waals surface area contributed by atoms with Gasteiger partial charge in [0.05, 0.1) is 12.1 Å². The summed E-state index contributed by atoms with van der Waals surface area (Å²) < 4.78 is 0. The molecule has 72 valence electrons. The van der Waals surface area contributed by atoms with Gasteiger partial charge in [-0.1, -0.05) is 5.21 Å². The molecule has 0 atom stereocenters. The van der Waals surface area contributed by atoms with Crippen LogP contribution in [0.25, 0.3) is 0 Å². The molecule has 0 saturated heterocycles. The van der Waals surface area contributed by atoms with Crippen LogP contribution in [0.5, 0.6) is 0 Å². The Kier molecular flexibility index (Phi) is 2.45. The van der Waals surface area contributed by atoms with Crippen LogP contribution in [-0.4, -0.2) is 31.5 Å². The Morgan fingerprint density at radius 1 is 1.64 bits per heavy atom. The molecule has 0 saturated carbocycles. The predicted octanol–water partition coefficient (Wildman–Crippen LogP) is -0.414. The van der Waals surface area contributed by atoms with Crippen LogP contribution in [0.3, 0.4) is 0 Å². The molecule has 0 spiro atoms. The van der Waals surface area contributed by atoms with E-state index in [2.05, 4.69) is 30.9 Å². The summed E-state index contributed by atoms with van der Waals surface area (Å²) in [5.74, 6) is 0.199. The van der Waals surface area contributed by atoms with E-state index in [1.807, 2.05) is 0 Å². The van der Waals surface area contributed by atoms with E-state index in [1.54, 1.807) is 10.9 Å². The number of carbonyl (C=O) groups is 1. The van der Waals surface area contributed by atoms with Gasteiger partial charge in [-0.2, -0.15) is 5.21 Å². The zero-order chi connectivity index (χ0) is 9.80. The lowest BCUT2D eigenvalue weighted by Crippen LogP contribution is -2.23. The number of H-pyrrole nitrogens is 1. The summed E-state index contributed by atoms with van der Waals surface area (Å²) in [6.45, 7) is 0.243. The third kappa shape index (κ3) is 1.91. The van der Waals surface area contributed by atoms with Crippen molar-refractivity contribution in [1.82, 2.24) is 30.9 Å². The molecule has 0 unspecified atom stereocenters. The minimum Gasteiger partial charge on any atom is -0.343 e. The Bertz CT molecular complexity index is 396. The molecule has 0 aliphatic heterocycles. The van der Waals surface area contributed by atoms with Gasteiger partial charge in [-0.05, 0) is 0 Å². The number of amides is 1. The van der Waals surface area contributed by atoms with E-state index >= 15 is 0 Å². The van der Waals surface area contributed by atoms with E-state index in [0.29, 0.717) is 11.5 Å². The molecule has 14 heavy (non-hydrogen) atoms. The van der Waals surface area contributed by atoms with Crippen molar-refractivity contribution in [3.05, 3.63) is 22.4 Å². The fourth-order valence-electron chi connectivity index (χ4n) is 0.832. The summed E-state index contributed by atoms with van der Waals surface area (Å²) in [4.78, 5) is 15.2. The highest BCUT2D eigenvalue weighted by atomic mass is 32.1. The van der Waals surface area contributed by atoms with Crippen molar-refractivity contribution in [2.75, 3.05) is 0 Å². The molecular weight excluding hydrogens is 204 g/mol. The van der Waals surface area contributed by atoms with Crippen molar-refractivity contribution in [3.8, 4) is 0 Å². The van der Waals surface area contributed by atoms with Gasteiger partial charge in [-0.3, -0.25) is 4.79 Å². The Hall–Kier alpha value is -1.83. The average Bonchev–Trinajstić information content (AvgIpc) is 2.87. The van der Waals surface area contributed by atoms with Crippen molar-refractivity contribution < 1.29 is 4.79 Å². The number of hydrogen-bond donors (Lipinski definition) is 2. The van der Waals surface area contributed by atoms with Crippen LogP contribution in [0.15, 0.2) is 10.9 Å². The largest absolute Gasteiger partial charge is 0.343 e. The van der Waals surface area contributed by atoms with Gasteiger partial charge in [0.25, 0.3) is 5.91 Å². The fraction of sp³-hybridized carbons (Fsp3) is 0.167. The molecular formula is C6H6N6OS. The zero-order valence-electron chi connectivity index (χ0n) is 6.97. The van der Waals surface area contributed by atoms with Gasteiger partial charge >= 0.3 is 0 Å². The molecule has 0 aliphatic carbocycles. The van der Waals surface area contributed by atoms with Crippen molar-refractivity contribution in [2.24, 2.45) is 0 Å². The van der Waals surface area contributed by atoms with Crippen LogP contribution >= 0.6 is 11.3 Å². The average molecular weight is 210 g/mol. The first-order valence-corrected chi connectivity index (χ1v) is 4.69. The van der Waals surface area contributed by atoms with Crippen molar-refractivity contribution in [1.29, 1.82) is 0 Å². The topological polar surface area (TPSA) is 96.5 Å². The highest BCUT2D eigenvalue weighted by Gasteiger charge is 2.07. The fourth-order valence-corrected chi connectivity index (χ4v) is 1.36. The first kappa shape index (κ1) is 8.75. The molecule has 1 amide bonds. The summed E-state index contributed by atoms with van der Waals surface area (Å²) in [6, 6.07) is 0. The number of thiazole rings is 1. The highest BCUT2D eigenvalue weighted by Crippen LogP contribution is 2.00. The summed E-state index contributed by atoms with van der Waals surface area (Å²) in [5, 5.41) is 17.3. The molecule has 0 aliphatic rings. The van der Waals surface area contributed by atoms with E-state index in [-0.39, 0.29) is 12.5 Å². The molecule has 0 bridgehead atoms. The third-order valence-corrected chi connectivity index (χ3v) is 2.05. The molecule has 0 aromatic carbocycles. The molecule has 2 aromatic heterocycles. The first-order chi connectivity index (χ1) is 6.86. The van der Waals surface area contributed by atoms with Gasteiger partial charge in [-0.25, -0.2) is 4.98 Å². The Balaban J connectivity index is 1.90. The number of aromatic nitrogens is 5. The normalized spacial score (nSPS) is 10.0. The summed E-state index contributed by atoms with van der Waals surface area (Å²) >= 11 is 1.37. The summed E-state index contributed by atoms with van der Waals surface area (Å²) in [5.41, 5.74) is 2.00. The molecule has 0 radical (unpaired) electrons. The second-order valence-electron chi connectivity index (χ2n) is 2.38. The molecule has 2 N–H and O–H groups in total. The van der Waals surface area contributed by atoms with E-state index < -0.39 is 0 Å². The predicted molar refractivity (Wildman–Crippen MR) is 47.5 cm³/mol. The molecule has 8 heteroatoms. The minimum atomic E-state index is -0.240. The van der Waals surface area contributed by atoms with Crippen molar-refractivity contribution in [2.45, 2.75) is 6.54 Å². The summed E-state index contributed by atoms with van der Waals surface area (Å²) in [7, 11) is 0. The van der Waals surface area contributed by atoms with Crippen molar-refractivity contribution >= 4 is 17.2 Å². The number of rotatable bonds is 3. The second-order valence-corrected chi connectivity index (χ2v) is 3.10. The van der Waals surface area contributed by atoms with Gasteiger partial charge in [-0.15, -0.1) is 21.5 Å². The number of aromatic amines is 1. The number of carbonyl (C=O) groups excluding carboxylic acids is 1. The quantitative estimate of drug-likeness (QED) is 0.717. The number of tetrazole rings is 1. The van der Waals surface area contributed by atoms with E-state index in [1.165, 1.54) is 11.3 Å². The highest BCUT2D eigenvalue weighted by molar-refractivity contribution is 7.07. The van der Waals surface area contributed by atoms with Crippen LogP contribution in [0.2, 0.25) is 0 Å². The standard InChI is InChI=1S/C6H6N6OS/c13-6(4-2-14-3-8-4)7-1-5-9-11-12-10-5/h2-3H,1H2,(H,7,13)(H,9,10,11,12). The Morgan fingerprint density at radius 2 is 2.57 bits per heavy atom. The van der Waals surface area contributed by atoms with Crippen molar-refractivity contribution in [3.63, 3.8) is 0 Å². The smallest absolute Gasteiger partial charge is 0.271 e. The van der Waals surface area contributed by atoms with Crippen LogP contribution in [-0.2, 0) is 6.54 Å². The molecule has 2 rings (SSSR count). The van der Waals surface area contributed by atoms with Crippen LogP contribution in [0.1, 0.15) is 16.3 Å². The lowest BCUT2D eigenvalue weighted by atomic mass is 10.4. The van der Waals surface area contributed by atoms with Crippen LogP contribution in [0, 0.1) is 0 Å². The third-order valence-electron chi connectivity index (χ3n) is 1.46. The van der Waals surface area contributed by atoms with Crippen LogP contribution < -0.4 is 5.32 Å². The number of nitrogens with one attached hydrogen (secondary N) is 2. The van der Waals surface area contributed by atoms with E-state index in [9.17, 15) is 4.79 Å². The SMILES string of the molecule is O=C(NCc1nn[nH]n1)c1cscn1. The van der Waals surface area contributed by atoms with E-state index in [4.69, 9.17) is 0 Å². The zero-order valence-corrected chi connectivity index (χ0v) is 7.78. The lowest BCUT2D eigenvalue weighted by Gasteiger charge is -1.97. The maximum Gasteiger partial charge on any atom is 0.271 e. The first-order valence-electron chi connectivity index (χ1n) is 3.75. The van der Waals surface area contributed by atoms with Gasteiger partial charge in [0, 0.05) is 5.38 Å². The molecule has 0 fully saturated rings. The van der Waals surface area contributed by atoms with Gasteiger partial charge in [0.1, 0.15) is 5.69 Å².